The largest absolute Gasteiger partial charge is 0.480 e. The van der Waals surface area contributed by atoms with Crippen molar-refractivity contribution < 1.29 is 23.8 Å². The fraction of sp³-hybridized carbons (Fsp3) is 0.429. The molecule has 21 heavy (non-hydrogen) atoms. The van der Waals surface area contributed by atoms with Gasteiger partial charge in [0.1, 0.15) is 18.0 Å². The van der Waals surface area contributed by atoms with Crippen LogP contribution in [0.15, 0.2) is 18.2 Å². The number of amides is 2. The Morgan fingerprint density at radius 3 is 2.76 bits per heavy atom. The number of hydrogen-bond donors (Lipinski definition) is 2. The Hall–Kier alpha value is -2.15. The lowest BCUT2D eigenvalue weighted by Gasteiger charge is -2.46. The van der Waals surface area contributed by atoms with Crippen LogP contribution in [0.1, 0.15) is 12.5 Å². The van der Waals surface area contributed by atoms with E-state index in [4.69, 9.17) is 9.84 Å². The normalized spacial score (nSPS) is 16.2. The molecule has 1 aromatic rings. The summed E-state index contributed by atoms with van der Waals surface area (Å²) in [5.74, 6) is -1.47. The minimum atomic E-state index is -1.05. The molecule has 7 heteroatoms. The summed E-state index contributed by atoms with van der Waals surface area (Å²) >= 11 is 0. The summed E-state index contributed by atoms with van der Waals surface area (Å²) in [7, 11) is 0. The number of halogens is 1. The van der Waals surface area contributed by atoms with Crippen molar-refractivity contribution in [2.24, 2.45) is 0 Å². The molecule has 6 nitrogen and oxygen atoms in total. The number of likely N-dealkylation sites (tertiary alicyclic amines) is 1. The molecule has 1 heterocycles. The van der Waals surface area contributed by atoms with Crippen molar-refractivity contribution in [3.63, 3.8) is 0 Å². The van der Waals surface area contributed by atoms with Gasteiger partial charge in [0, 0.05) is 5.69 Å². The van der Waals surface area contributed by atoms with E-state index >= 15 is 0 Å². The monoisotopic (exact) mass is 296 g/mol. The Bertz CT molecular complexity index is 570. The molecule has 1 fully saturated rings. The fourth-order valence-corrected chi connectivity index (χ4v) is 2.16. The van der Waals surface area contributed by atoms with Gasteiger partial charge in [0.2, 0.25) is 0 Å². The number of rotatable bonds is 4. The topological polar surface area (TPSA) is 78.9 Å². The smallest absolute Gasteiger partial charge is 0.329 e. The molecule has 0 radical (unpaired) electrons. The average molecular weight is 296 g/mol. The number of ether oxygens (including phenoxy) is 1. The number of carbonyl (C=O) groups excluding carboxylic acids is 1. The van der Waals surface area contributed by atoms with Crippen LogP contribution >= 0.6 is 0 Å². The molecule has 1 saturated heterocycles. The number of hydrogen-bond acceptors (Lipinski definition) is 3. The van der Waals surface area contributed by atoms with Crippen LogP contribution in [0, 0.1) is 12.7 Å². The molecule has 0 aliphatic carbocycles. The number of anilines is 1. The number of aliphatic carboxylic acids is 1. The van der Waals surface area contributed by atoms with E-state index < -0.39 is 24.0 Å². The van der Waals surface area contributed by atoms with E-state index in [0.29, 0.717) is 18.8 Å². The maximum atomic E-state index is 13.2. The van der Waals surface area contributed by atoms with Gasteiger partial charge in [-0.2, -0.15) is 0 Å². The minimum absolute atomic E-state index is 0.292. The first kappa shape index (κ1) is 15.2. The lowest BCUT2D eigenvalue weighted by atomic mass is 9.97. The van der Waals surface area contributed by atoms with Gasteiger partial charge < -0.3 is 20.1 Å². The molecule has 0 spiro atoms. The lowest BCUT2D eigenvalue weighted by Crippen LogP contribution is -2.64. The van der Waals surface area contributed by atoms with Crippen LogP contribution in [-0.4, -0.2) is 47.3 Å². The zero-order chi connectivity index (χ0) is 15.6. The summed E-state index contributed by atoms with van der Waals surface area (Å²) in [6.07, 6.45) is 0. The molecule has 114 valence electrons. The molecule has 2 rings (SSSR count). The van der Waals surface area contributed by atoms with E-state index in [0.717, 1.165) is 5.56 Å². The molecular formula is C14H17FN2O4. The van der Waals surface area contributed by atoms with Crippen LogP contribution < -0.4 is 5.32 Å². The standard InChI is InChI=1S/C14H17FN2O4/c1-9-3-4-10(15)5-11(9)16-13(20)17-7-14(2,8-17)21-6-12(18)19/h3-5H,6-8H2,1-2H3,(H,16,20)(H,18,19). The van der Waals surface area contributed by atoms with Gasteiger partial charge in [-0.15, -0.1) is 0 Å². The Morgan fingerprint density at radius 2 is 2.14 bits per heavy atom. The SMILES string of the molecule is Cc1ccc(F)cc1NC(=O)N1CC(C)(OCC(=O)O)C1. The molecule has 1 aliphatic rings. The van der Waals surface area contributed by atoms with Crippen LogP contribution in [0.5, 0.6) is 0 Å². The summed E-state index contributed by atoms with van der Waals surface area (Å²) in [5.41, 5.74) is 0.530. The number of carboxylic acid groups (broad SMARTS) is 1. The maximum absolute atomic E-state index is 13.2. The zero-order valence-electron chi connectivity index (χ0n) is 11.9. The molecule has 0 atom stereocenters. The summed E-state index contributed by atoms with van der Waals surface area (Å²) in [4.78, 5) is 23.9. The maximum Gasteiger partial charge on any atom is 0.329 e. The summed E-state index contributed by atoms with van der Waals surface area (Å²) < 4.78 is 18.4. The van der Waals surface area contributed by atoms with E-state index in [-0.39, 0.29) is 6.03 Å². The molecular weight excluding hydrogens is 279 g/mol. The van der Waals surface area contributed by atoms with Gasteiger partial charge in [-0.25, -0.2) is 14.0 Å². The van der Waals surface area contributed by atoms with Crippen molar-refractivity contribution in [2.75, 3.05) is 25.0 Å². The molecule has 0 unspecified atom stereocenters. The molecule has 1 aromatic carbocycles. The van der Waals surface area contributed by atoms with E-state index in [1.54, 1.807) is 19.9 Å². The number of aryl methyl sites for hydroxylation is 1. The zero-order valence-corrected chi connectivity index (χ0v) is 11.9. The van der Waals surface area contributed by atoms with Crippen molar-refractivity contribution in [1.82, 2.24) is 4.90 Å². The highest BCUT2D eigenvalue weighted by atomic mass is 19.1. The third-order valence-electron chi connectivity index (χ3n) is 3.32. The first-order chi connectivity index (χ1) is 9.79. The van der Waals surface area contributed by atoms with Gasteiger partial charge >= 0.3 is 12.0 Å². The fourth-order valence-electron chi connectivity index (χ4n) is 2.16. The quantitative estimate of drug-likeness (QED) is 0.888. The third-order valence-corrected chi connectivity index (χ3v) is 3.32. The van der Waals surface area contributed by atoms with Crippen molar-refractivity contribution >= 4 is 17.7 Å². The average Bonchev–Trinajstić information content (AvgIpc) is 2.37. The first-order valence-corrected chi connectivity index (χ1v) is 6.47. The van der Waals surface area contributed by atoms with Gasteiger partial charge in [-0.1, -0.05) is 6.07 Å². The molecule has 0 bridgehead atoms. The van der Waals surface area contributed by atoms with E-state index in [2.05, 4.69) is 5.32 Å². The Kier molecular flexibility index (Phi) is 4.13. The highest BCUT2D eigenvalue weighted by molar-refractivity contribution is 5.90. The third kappa shape index (κ3) is 3.69. The van der Waals surface area contributed by atoms with Gasteiger partial charge in [0.15, 0.2) is 0 Å². The first-order valence-electron chi connectivity index (χ1n) is 6.47. The van der Waals surface area contributed by atoms with Crippen LogP contribution in [0.3, 0.4) is 0 Å². The number of nitrogens with zero attached hydrogens (tertiary/aromatic N) is 1. The second-order valence-electron chi connectivity index (χ2n) is 5.38. The molecule has 0 saturated carbocycles. The molecule has 2 N–H and O–H groups in total. The second kappa shape index (κ2) is 5.69. The molecule has 0 aromatic heterocycles. The summed E-state index contributed by atoms with van der Waals surface area (Å²) in [5, 5.41) is 11.2. The lowest BCUT2D eigenvalue weighted by molar-refractivity contribution is -0.159. The van der Waals surface area contributed by atoms with E-state index in [1.165, 1.54) is 17.0 Å². The van der Waals surface area contributed by atoms with Crippen LogP contribution in [-0.2, 0) is 9.53 Å². The van der Waals surface area contributed by atoms with Gasteiger partial charge in [-0.05, 0) is 31.5 Å². The highest BCUT2D eigenvalue weighted by Gasteiger charge is 2.42. The van der Waals surface area contributed by atoms with E-state index in [1.807, 2.05) is 0 Å². The highest BCUT2D eigenvalue weighted by Crippen LogP contribution is 2.26. The molecule has 2 amide bonds. The van der Waals surface area contributed by atoms with E-state index in [9.17, 15) is 14.0 Å². The van der Waals surface area contributed by atoms with Crippen molar-refractivity contribution in [2.45, 2.75) is 19.4 Å². The van der Waals surface area contributed by atoms with Crippen LogP contribution in [0.2, 0.25) is 0 Å². The Balaban J connectivity index is 1.89. The van der Waals surface area contributed by atoms with Crippen LogP contribution in [0.4, 0.5) is 14.9 Å². The number of nitrogens with one attached hydrogen (secondary N) is 1. The summed E-state index contributed by atoms with van der Waals surface area (Å²) in [6.45, 7) is 3.70. The number of urea groups is 1. The number of carboxylic acids is 1. The van der Waals surface area contributed by atoms with Crippen LogP contribution in [0.25, 0.3) is 0 Å². The minimum Gasteiger partial charge on any atom is -0.480 e. The number of carbonyl (C=O) groups is 2. The Morgan fingerprint density at radius 1 is 1.48 bits per heavy atom. The number of benzene rings is 1. The van der Waals surface area contributed by atoms with Gasteiger partial charge in [0.25, 0.3) is 0 Å². The van der Waals surface area contributed by atoms with Crippen molar-refractivity contribution in [3.05, 3.63) is 29.6 Å². The summed E-state index contributed by atoms with van der Waals surface area (Å²) in [6, 6.07) is 3.81. The second-order valence-corrected chi connectivity index (χ2v) is 5.38. The van der Waals surface area contributed by atoms with Crippen molar-refractivity contribution in [1.29, 1.82) is 0 Å². The van der Waals surface area contributed by atoms with Gasteiger partial charge in [0.05, 0.1) is 13.1 Å². The molecule has 1 aliphatic heterocycles. The van der Waals surface area contributed by atoms with Crippen molar-refractivity contribution in [3.8, 4) is 0 Å². The predicted octanol–water partition coefficient (Wildman–Crippen LogP) is 1.84. The van der Waals surface area contributed by atoms with Gasteiger partial charge in [-0.3, -0.25) is 0 Å². The predicted molar refractivity (Wildman–Crippen MR) is 73.7 cm³/mol. The Labute approximate surface area is 121 Å².